The van der Waals surface area contributed by atoms with Crippen molar-refractivity contribution in [3.8, 4) is 0 Å². The lowest BCUT2D eigenvalue weighted by Crippen LogP contribution is -2.45. The van der Waals surface area contributed by atoms with E-state index in [-0.39, 0.29) is 24.9 Å². The van der Waals surface area contributed by atoms with Gasteiger partial charge in [0.15, 0.2) is 5.41 Å². The fourth-order valence-electron chi connectivity index (χ4n) is 2.94. The number of carbonyl (C=O) groups excluding carboxylic acids is 1. The molecule has 1 aromatic carbocycles. The van der Waals surface area contributed by atoms with Crippen molar-refractivity contribution in [2.45, 2.75) is 78.2 Å². The summed E-state index contributed by atoms with van der Waals surface area (Å²) in [4.78, 5) is 25.2. The maximum absolute atomic E-state index is 12.9. The predicted molar refractivity (Wildman–Crippen MR) is 106 cm³/mol. The molecule has 0 fully saturated rings. The minimum atomic E-state index is -1.67. The van der Waals surface area contributed by atoms with Crippen LogP contribution < -0.4 is 0 Å². The van der Waals surface area contributed by atoms with Crippen LogP contribution in [0.15, 0.2) is 24.3 Å². The molecule has 1 aromatic rings. The standard InChI is InChI=1S/C22H34O5/c1-20(2,3)17-11-9-10-16(14-17)15-22(18(24)25,12-7-8-13-23)19(26)27-21(4,5)6/h9-11,14,23H,7-8,12-13,15H2,1-6H3,(H,24,25). The maximum atomic E-state index is 12.9. The van der Waals surface area contributed by atoms with Gasteiger partial charge in [0.05, 0.1) is 0 Å². The number of esters is 1. The fourth-order valence-corrected chi connectivity index (χ4v) is 2.94. The van der Waals surface area contributed by atoms with Crippen molar-refractivity contribution in [2.75, 3.05) is 6.61 Å². The highest BCUT2D eigenvalue weighted by atomic mass is 16.6. The number of hydrogen-bond acceptors (Lipinski definition) is 4. The molecule has 0 amide bonds. The zero-order chi connectivity index (χ0) is 20.9. The van der Waals surface area contributed by atoms with E-state index in [1.807, 2.05) is 24.3 Å². The Morgan fingerprint density at radius 3 is 2.15 bits per heavy atom. The van der Waals surface area contributed by atoms with Gasteiger partial charge in [-0.1, -0.05) is 45.0 Å². The number of carbonyl (C=O) groups is 2. The summed E-state index contributed by atoms with van der Waals surface area (Å²) in [7, 11) is 0. The summed E-state index contributed by atoms with van der Waals surface area (Å²) in [6.45, 7) is 11.4. The Labute approximate surface area is 162 Å². The monoisotopic (exact) mass is 378 g/mol. The van der Waals surface area contributed by atoms with Gasteiger partial charge in [-0.05, 0) is 63.0 Å². The van der Waals surface area contributed by atoms with Crippen LogP contribution in [0.5, 0.6) is 0 Å². The van der Waals surface area contributed by atoms with Gasteiger partial charge in [-0.25, -0.2) is 0 Å². The summed E-state index contributed by atoms with van der Waals surface area (Å²) in [6.07, 6.45) is 1.06. The lowest BCUT2D eigenvalue weighted by molar-refractivity contribution is -0.177. The van der Waals surface area contributed by atoms with Gasteiger partial charge >= 0.3 is 11.9 Å². The van der Waals surface area contributed by atoms with Crippen LogP contribution in [0.3, 0.4) is 0 Å². The number of benzene rings is 1. The SMILES string of the molecule is CC(C)(C)OC(=O)C(CCCCO)(Cc1cccc(C(C)(C)C)c1)C(=O)O. The number of aliphatic hydroxyl groups excluding tert-OH is 1. The molecule has 5 nitrogen and oxygen atoms in total. The highest BCUT2D eigenvalue weighted by Gasteiger charge is 2.48. The third kappa shape index (κ3) is 6.65. The lowest BCUT2D eigenvalue weighted by atomic mass is 9.76. The lowest BCUT2D eigenvalue weighted by Gasteiger charge is -2.32. The third-order valence-corrected chi connectivity index (χ3v) is 4.51. The summed E-state index contributed by atoms with van der Waals surface area (Å²) in [5, 5.41) is 19.1. The van der Waals surface area contributed by atoms with Gasteiger partial charge in [-0.3, -0.25) is 9.59 Å². The van der Waals surface area contributed by atoms with Crippen LogP contribution in [0.25, 0.3) is 0 Å². The topological polar surface area (TPSA) is 83.8 Å². The number of ether oxygens (including phenoxy) is 1. The van der Waals surface area contributed by atoms with Crippen LogP contribution in [0, 0.1) is 5.41 Å². The Bertz CT molecular complexity index is 651. The Balaban J connectivity index is 3.31. The minimum absolute atomic E-state index is 0.0382. The van der Waals surface area contributed by atoms with Gasteiger partial charge < -0.3 is 14.9 Å². The maximum Gasteiger partial charge on any atom is 0.324 e. The van der Waals surface area contributed by atoms with E-state index in [0.29, 0.717) is 12.8 Å². The highest BCUT2D eigenvalue weighted by Crippen LogP contribution is 2.34. The van der Waals surface area contributed by atoms with E-state index in [0.717, 1.165) is 11.1 Å². The first-order chi connectivity index (χ1) is 12.3. The molecular formula is C22H34O5. The average Bonchev–Trinajstić information content (AvgIpc) is 2.51. The van der Waals surface area contributed by atoms with Crippen molar-refractivity contribution in [3.63, 3.8) is 0 Å². The van der Waals surface area contributed by atoms with E-state index in [2.05, 4.69) is 20.8 Å². The second-order valence-electron chi connectivity index (χ2n) is 9.20. The summed E-state index contributed by atoms with van der Waals surface area (Å²) in [6, 6.07) is 7.72. The van der Waals surface area contributed by atoms with E-state index >= 15 is 0 Å². The first-order valence-corrected chi connectivity index (χ1v) is 9.49. The van der Waals surface area contributed by atoms with Crippen LogP contribution in [0.1, 0.15) is 71.9 Å². The number of aliphatic carboxylic acids is 1. The number of hydrogen-bond donors (Lipinski definition) is 2. The molecule has 0 saturated carbocycles. The number of aliphatic hydroxyl groups is 1. The molecule has 152 valence electrons. The van der Waals surface area contributed by atoms with Crippen LogP contribution in [-0.4, -0.2) is 34.4 Å². The molecule has 0 radical (unpaired) electrons. The van der Waals surface area contributed by atoms with E-state index in [4.69, 9.17) is 9.84 Å². The summed E-state index contributed by atoms with van der Waals surface area (Å²) < 4.78 is 5.48. The molecule has 27 heavy (non-hydrogen) atoms. The Kier molecular flexibility index (Phi) is 7.61. The minimum Gasteiger partial charge on any atom is -0.480 e. The van der Waals surface area contributed by atoms with Gasteiger partial charge in [0.2, 0.25) is 0 Å². The van der Waals surface area contributed by atoms with Crippen LogP contribution in [0.4, 0.5) is 0 Å². The molecule has 1 rings (SSSR count). The first-order valence-electron chi connectivity index (χ1n) is 9.49. The molecule has 0 saturated heterocycles. The van der Waals surface area contributed by atoms with E-state index in [1.165, 1.54) is 0 Å². The smallest absolute Gasteiger partial charge is 0.324 e. The van der Waals surface area contributed by atoms with E-state index in [1.54, 1.807) is 20.8 Å². The molecule has 1 unspecified atom stereocenters. The van der Waals surface area contributed by atoms with Crippen molar-refractivity contribution < 1.29 is 24.5 Å². The molecule has 0 aliphatic heterocycles. The van der Waals surface area contributed by atoms with Crippen LogP contribution in [-0.2, 0) is 26.2 Å². The first kappa shape index (κ1) is 23.2. The average molecular weight is 379 g/mol. The summed E-state index contributed by atoms with van der Waals surface area (Å²) in [5.74, 6) is -1.91. The Morgan fingerprint density at radius 1 is 1.04 bits per heavy atom. The quantitative estimate of drug-likeness (QED) is 0.404. The number of carboxylic acids is 1. The van der Waals surface area contributed by atoms with Crippen molar-refractivity contribution in [3.05, 3.63) is 35.4 Å². The van der Waals surface area contributed by atoms with Crippen molar-refractivity contribution in [1.29, 1.82) is 0 Å². The van der Waals surface area contributed by atoms with Crippen molar-refractivity contribution in [1.82, 2.24) is 0 Å². The van der Waals surface area contributed by atoms with Gasteiger partial charge in [0.1, 0.15) is 5.60 Å². The number of rotatable bonds is 8. The van der Waals surface area contributed by atoms with Gasteiger partial charge in [0, 0.05) is 6.61 Å². The Hall–Kier alpha value is -1.88. The molecule has 5 heteroatoms. The highest BCUT2D eigenvalue weighted by molar-refractivity contribution is 5.99. The number of unbranched alkanes of at least 4 members (excludes halogenated alkanes) is 1. The van der Waals surface area contributed by atoms with Crippen LogP contribution >= 0.6 is 0 Å². The van der Waals surface area contributed by atoms with Gasteiger partial charge in [-0.2, -0.15) is 0 Å². The molecule has 0 spiro atoms. The number of carboxylic acid groups (broad SMARTS) is 1. The van der Waals surface area contributed by atoms with E-state index < -0.39 is 23.0 Å². The van der Waals surface area contributed by atoms with Gasteiger partial charge in [0.25, 0.3) is 0 Å². The molecule has 0 bridgehead atoms. The molecule has 0 heterocycles. The summed E-state index contributed by atoms with van der Waals surface area (Å²) in [5.41, 5.74) is -0.649. The predicted octanol–water partition coefficient (Wildman–Crippen LogP) is 4.10. The summed E-state index contributed by atoms with van der Waals surface area (Å²) >= 11 is 0. The molecule has 0 aliphatic rings. The molecule has 0 aromatic heterocycles. The molecule has 0 aliphatic carbocycles. The zero-order valence-corrected chi connectivity index (χ0v) is 17.5. The molecule has 2 N–H and O–H groups in total. The third-order valence-electron chi connectivity index (χ3n) is 4.51. The second-order valence-corrected chi connectivity index (χ2v) is 9.20. The van der Waals surface area contributed by atoms with Crippen molar-refractivity contribution >= 4 is 11.9 Å². The Morgan fingerprint density at radius 2 is 1.67 bits per heavy atom. The van der Waals surface area contributed by atoms with Crippen LogP contribution in [0.2, 0.25) is 0 Å². The zero-order valence-electron chi connectivity index (χ0n) is 17.5. The second kappa shape index (κ2) is 8.87. The largest absolute Gasteiger partial charge is 0.480 e. The molecular weight excluding hydrogens is 344 g/mol. The fraction of sp³-hybridized carbons (Fsp3) is 0.636. The van der Waals surface area contributed by atoms with Crippen molar-refractivity contribution in [2.24, 2.45) is 5.41 Å². The van der Waals surface area contributed by atoms with Gasteiger partial charge in [-0.15, -0.1) is 0 Å². The molecule has 1 atom stereocenters. The normalized spacial score (nSPS) is 14.5. The van der Waals surface area contributed by atoms with E-state index in [9.17, 15) is 14.7 Å².